The van der Waals surface area contributed by atoms with Gasteiger partial charge >= 0.3 is 0 Å². The zero-order valence-electron chi connectivity index (χ0n) is 8.98. The summed E-state index contributed by atoms with van der Waals surface area (Å²) >= 11 is 0. The summed E-state index contributed by atoms with van der Waals surface area (Å²) < 4.78 is 10.6. The predicted molar refractivity (Wildman–Crippen MR) is 54.3 cm³/mol. The predicted octanol–water partition coefficient (Wildman–Crippen LogP) is 0.681. The van der Waals surface area contributed by atoms with Crippen LogP contribution in [0.1, 0.15) is 31.5 Å². The van der Waals surface area contributed by atoms with Crippen molar-refractivity contribution in [1.82, 2.24) is 10.1 Å². The molecule has 2 unspecified atom stereocenters. The molecule has 1 aliphatic heterocycles. The average molecular weight is 211 g/mol. The molecule has 2 heterocycles. The van der Waals surface area contributed by atoms with Crippen molar-refractivity contribution in [3.8, 4) is 0 Å². The summed E-state index contributed by atoms with van der Waals surface area (Å²) in [5.74, 6) is 1.36. The van der Waals surface area contributed by atoms with Crippen molar-refractivity contribution in [2.24, 2.45) is 5.73 Å². The van der Waals surface area contributed by atoms with Gasteiger partial charge in [0.15, 0.2) is 5.82 Å². The number of nitrogens with zero attached hydrogens (tertiary/aromatic N) is 2. The standard InChI is InChI=1S/C10H17N3O2/c1-7(11)5-10-12-9(13-15-10)6-8-3-2-4-14-8/h7-8H,2-6,11H2,1H3. The Kier molecular flexibility index (Phi) is 3.33. The van der Waals surface area contributed by atoms with Crippen LogP contribution in [-0.4, -0.2) is 28.9 Å². The van der Waals surface area contributed by atoms with Crippen molar-refractivity contribution in [3.63, 3.8) is 0 Å². The highest BCUT2D eigenvalue weighted by Crippen LogP contribution is 2.15. The minimum absolute atomic E-state index is 0.0565. The summed E-state index contributed by atoms with van der Waals surface area (Å²) in [5, 5.41) is 3.91. The van der Waals surface area contributed by atoms with Gasteiger partial charge in [-0.1, -0.05) is 5.16 Å². The van der Waals surface area contributed by atoms with Crippen LogP contribution in [0.5, 0.6) is 0 Å². The second kappa shape index (κ2) is 4.72. The Hall–Kier alpha value is -0.940. The third-order valence-corrected chi connectivity index (χ3v) is 2.44. The van der Waals surface area contributed by atoms with Gasteiger partial charge in [0, 0.05) is 25.5 Å². The molecule has 2 rings (SSSR count). The van der Waals surface area contributed by atoms with Gasteiger partial charge in [-0.25, -0.2) is 0 Å². The van der Waals surface area contributed by atoms with E-state index in [2.05, 4.69) is 10.1 Å². The van der Waals surface area contributed by atoms with Crippen molar-refractivity contribution in [1.29, 1.82) is 0 Å². The molecule has 0 saturated carbocycles. The van der Waals surface area contributed by atoms with E-state index in [1.165, 1.54) is 0 Å². The van der Waals surface area contributed by atoms with Gasteiger partial charge in [-0.3, -0.25) is 0 Å². The highest BCUT2D eigenvalue weighted by atomic mass is 16.5. The van der Waals surface area contributed by atoms with Crippen LogP contribution in [0.25, 0.3) is 0 Å². The SMILES string of the molecule is CC(N)Cc1nc(CC2CCCO2)no1. The fourth-order valence-electron chi connectivity index (χ4n) is 1.74. The lowest BCUT2D eigenvalue weighted by Crippen LogP contribution is -2.18. The molecule has 1 saturated heterocycles. The van der Waals surface area contributed by atoms with Gasteiger partial charge in [0.25, 0.3) is 0 Å². The number of aromatic nitrogens is 2. The molecule has 1 fully saturated rings. The molecule has 0 spiro atoms. The number of ether oxygens (including phenoxy) is 1. The molecule has 1 aliphatic rings. The van der Waals surface area contributed by atoms with Gasteiger partial charge in [0.1, 0.15) is 0 Å². The molecule has 5 nitrogen and oxygen atoms in total. The molecule has 0 bridgehead atoms. The van der Waals surface area contributed by atoms with Crippen LogP contribution in [-0.2, 0) is 17.6 Å². The quantitative estimate of drug-likeness (QED) is 0.792. The van der Waals surface area contributed by atoms with Crippen LogP contribution >= 0.6 is 0 Å². The first-order valence-corrected chi connectivity index (χ1v) is 5.42. The lowest BCUT2D eigenvalue weighted by Gasteiger charge is -2.03. The van der Waals surface area contributed by atoms with Gasteiger partial charge in [-0.2, -0.15) is 4.98 Å². The Bertz CT molecular complexity index is 305. The molecule has 2 N–H and O–H groups in total. The van der Waals surface area contributed by atoms with E-state index in [0.717, 1.165) is 31.7 Å². The van der Waals surface area contributed by atoms with E-state index in [-0.39, 0.29) is 12.1 Å². The van der Waals surface area contributed by atoms with Crippen molar-refractivity contribution < 1.29 is 9.26 Å². The van der Waals surface area contributed by atoms with Crippen molar-refractivity contribution in [2.45, 2.75) is 44.8 Å². The van der Waals surface area contributed by atoms with E-state index in [9.17, 15) is 0 Å². The first kappa shape index (κ1) is 10.6. The van der Waals surface area contributed by atoms with E-state index < -0.39 is 0 Å². The molecule has 0 radical (unpaired) electrons. The van der Waals surface area contributed by atoms with Crippen LogP contribution in [0.4, 0.5) is 0 Å². The minimum atomic E-state index is 0.0565. The Morgan fingerprint density at radius 2 is 2.47 bits per heavy atom. The molecular weight excluding hydrogens is 194 g/mol. The molecule has 0 aliphatic carbocycles. The smallest absolute Gasteiger partial charge is 0.228 e. The molecular formula is C10H17N3O2. The van der Waals surface area contributed by atoms with E-state index in [0.29, 0.717) is 12.3 Å². The molecule has 1 aromatic heterocycles. The van der Waals surface area contributed by atoms with Crippen LogP contribution in [0.3, 0.4) is 0 Å². The second-order valence-corrected chi connectivity index (χ2v) is 4.12. The first-order valence-electron chi connectivity index (χ1n) is 5.42. The second-order valence-electron chi connectivity index (χ2n) is 4.12. The minimum Gasteiger partial charge on any atom is -0.378 e. The van der Waals surface area contributed by atoms with Gasteiger partial charge in [0.05, 0.1) is 6.10 Å². The summed E-state index contributed by atoms with van der Waals surface area (Å²) in [4.78, 5) is 4.28. The monoisotopic (exact) mass is 211 g/mol. The van der Waals surface area contributed by atoms with Crippen molar-refractivity contribution in [3.05, 3.63) is 11.7 Å². The fraction of sp³-hybridized carbons (Fsp3) is 0.800. The van der Waals surface area contributed by atoms with Gasteiger partial charge in [0.2, 0.25) is 5.89 Å². The first-order chi connectivity index (χ1) is 7.24. The average Bonchev–Trinajstić information content (AvgIpc) is 2.77. The molecule has 0 amide bonds. The van der Waals surface area contributed by atoms with Crippen LogP contribution < -0.4 is 5.73 Å². The summed E-state index contributed by atoms with van der Waals surface area (Å²) in [6, 6.07) is 0.0565. The van der Waals surface area contributed by atoms with Crippen molar-refractivity contribution >= 4 is 0 Å². The fourth-order valence-corrected chi connectivity index (χ4v) is 1.74. The largest absolute Gasteiger partial charge is 0.378 e. The zero-order chi connectivity index (χ0) is 10.7. The Morgan fingerprint density at radius 1 is 1.60 bits per heavy atom. The van der Waals surface area contributed by atoms with E-state index in [1.54, 1.807) is 0 Å². The van der Waals surface area contributed by atoms with E-state index in [1.807, 2.05) is 6.92 Å². The van der Waals surface area contributed by atoms with Crippen molar-refractivity contribution in [2.75, 3.05) is 6.61 Å². The number of hydrogen-bond donors (Lipinski definition) is 1. The topological polar surface area (TPSA) is 74.2 Å². The lowest BCUT2D eigenvalue weighted by molar-refractivity contribution is 0.109. The summed E-state index contributed by atoms with van der Waals surface area (Å²) in [6.45, 7) is 2.78. The van der Waals surface area contributed by atoms with Gasteiger partial charge < -0.3 is 15.0 Å². The Morgan fingerprint density at radius 3 is 3.13 bits per heavy atom. The van der Waals surface area contributed by atoms with Gasteiger partial charge in [-0.05, 0) is 19.8 Å². The van der Waals surface area contributed by atoms with Crippen LogP contribution in [0, 0.1) is 0 Å². The normalized spacial score (nSPS) is 23.2. The lowest BCUT2D eigenvalue weighted by atomic mass is 10.2. The molecule has 15 heavy (non-hydrogen) atoms. The highest BCUT2D eigenvalue weighted by Gasteiger charge is 2.19. The number of rotatable bonds is 4. The Labute approximate surface area is 89.0 Å². The zero-order valence-corrected chi connectivity index (χ0v) is 8.98. The third-order valence-electron chi connectivity index (χ3n) is 2.44. The maximum absolute atomic E-state index is 5.64. The molecule has 84 valence electrons. The van der Waals surface area contributed by atoms with E-state index >= 15 is 0 Å². The number of hydrogen-bond acceptors (Lipinski definition) is 5. The molecule has 2 atom stereocenters. The summed E-state index contributed by atoms with van der Waals surface area (Å²) in [6.07, 6.45) is 3.89. The third kappa shape index (κ3) is 3.00. The maximum Gasteiger partial charge on any atom is 0.228 e. The van der Waals surface area contributed by atoms with Gasteiger partial charge in [-0.15, -0.1) is 0 Å². The summed E-state index contributed by atoms with van der Waals surface area (Å²) in [7, 11) is 0. The Balaban J connectivity index is 1.88. The maximum atomic E-state index is 5.64. The molecule has 5 heteroatoms. The highest BCUT2D eigenvalue weighted by molar-refractivity contribution is 4.91. The molecule has 0 aromatic carbocycles. The molecule has 1 aromatic rings. The number of nitrogens with two attached hydrogens (primary N) is 1. The van der Waals surface area contributed by atoms with Crippen LogP contribution in [0.15, 0.2) is 4.52 Å². The van der Waals surface area contributed by atoms with E-state index in [4.69, 9.17) is 15.0 Å². The van der Waals surface area contributed by atoms with Crippen LogP contribution in [0.2, 0.25) is 0 Å². The summed E-state index contributed by atoms with van der Waals surface area (Å²) in [5.41, 5.74) is 5.64.